The maximum atomic E-state index is 11.3. The van der Waals surface area contributed by atoms with Crippen molar-refractivity contribution in [1.82, 2.24) is 25.1 Å². The maximum absolute atomic E-state index is 11.3. The fourth-order valence-electron chi connectivity index (χ4n) is 2.44. The lowest BCUT2D eigenvalue weighted by Crippen LogP contribution is -2.43. The zero-order valence-corrected chi connectivity index (χ0v) is 10.8. The molecule has 1 aliphatic heterocycles. The molecule has 1 aromatic heterocycles. The van der Waals surface area contributed by atoms with Crippen molar-refractivity contribution in [3.63, 3.8) is 0 Å². The lowest BCUT2D eigenvalue weighted by molar-refractivity contribution is -0.152. The molecule has 1 saturated heterocycles. The summed E-state index contributed by atoms with van der Waals surface area (Å²) in [6.45, 7) is 4.15. The van der Waals surface area contributed by atoms with Crippen LogP contribution in [0.5, 0.6) is 0 Å². The number of hydrogen-bond donors (Lipinski definition) is 1. The van der Waals surface area contributed by atoms with E-state index < -0.39 is 11.4 Å². The maximum Gasteiger partial charge on any atom is 0.309 e. The first kappa shape index (κ1) is 12.9. The van der Waals surface area contributed by atoms with Gasteiger partial charge in [-0.15, -0.1) is 10.2 Å². The van der Waals surface area contributed by atoms with Gasteiger partial charge in [-0.2, -0.15) is 4.80 Å². The summed E-state index contributed by atoms with van der Waals surface area (Å²) in [5.74, 6) is 0.0269. The molecule has 0 spiro atoms. The fourth-order valence-corrected chi connectivity index (χ4v) is 2.44. The molecular weight excluding hydrogens is 234 g/mol. The SMILES string of the molecule is CCC1(C(=O)O)CCN(Cc2nnn(C)n2)CC1. The van der Waals surface area contributed by atoms with Crippen LogP contribution < -0.4 is 0 Å². The quantitative estimate of drug-likeness (QED) is 0.830. The van der Waals surface area contributed by atoms with Crippen molar-refractivity contribution in [2.75, 3.05) is 13.1 Å². The van der Waals surface area contributed by atoms with Gasteiger partial charge in [-0.25, -0.2) is 0 Å². The van der Waals surface area contributed by atoms with Gasteiger partial charge < -0.3 is 5.11 Å². The molecule has 0 radical (unpaired) electrons. The minimum atomic E-state index is -0.665. The van der Waals surface area contributed by atoms with Gasteiger partial charge in [0, 0.05) is 0 Å². The molecule has 0 bridgehead atoms. The minimum Gasteiger partial charge on any atom is -0.481 e. The Morgan fingerprint density at radius 1 is 1.44 bits per heavy atom. The van der Waals surface area contributed by atoms with Gasteiger partial charge >= 0.3 is 5.97 Å². The van der Waals surface area contributed by atoms with Gasteiger partial charge in [0.15, 0.2) is 5.82 Å². The number of carbonyl (C=O) groups is 1. The Kier molecular flexibility index (Phi) is 3.60. The zero-order chi connectivity index (χ0) is 13.2. The molecule has 1 aromatic rings. The monoisotopic (exact) mass is 253 g/mol. The van der Waals surface area contributed by atoms with Crippen molar-refractivity contribution in [3.8, 4) is 0 Å². The summed E-state index contributed by atoms with van der Waals surface area (Å²) >= 11 is 0. The van der Waals surface area contributed by atoms with E-state index in [-0.39, 0.29) is 0 Å². The van der Waals surface area contributed by atoms with Gasteiger partial charge in [0.05, 0.1) is 19.0 Å². The topological polar surface area (TPSA) is 84.1 Å². The summed E-state index contributed by atoms with van der Waals surface area (Å²) in [5, 5.41) is 21.2. The Morgan fingerprint density at radius 3 is 2.56 bits per heavy atom. The van der Waals surface area contributed by atoms with Crippen LogP contribution in [0.2, 0.25) is 0 Å². The number of carboxylic acid groups (broad SMARTS) is 1. The number of tetrazole rings is 1. The van der Waals surface area contributed by atoms with Crippen LogP contribution in [0.3, 0.4) is 0 Å². The van der Waals surface area contributed by atoms with Crippen LogP contribution in [0.15, 0.2) is 0 Å². The highest BCUT2D eigenvalue weighted by Crippen LogP contribution is 2.35. The lowest BCUT2D eigenvalue weighted by atomic mass is 9.76. The highest BCUT2D eigenvalue weighted by atomic mass is 16.4. The van der Waals surface area contributed by atoms with Crippen molar-refractivity contribution in [3.05, 3.63) is 5.82 Å². The second-order valence-electron chi connectivity index (χ2n) is 4.91. The van der Waals surface area contributed by atoms with E-state index in [0.717, 1.165) is 13.1 Å². The smallest absolute Gasteiger partial charge is 0.309 e. The van der Waals surface area contributed by atoms with Crippen LogP contribution in [0.25, 0.3) is 0 Å². The molecule has 7 heteroatoms. The van der Waals surface area contributed by atoms with Crippen LogP contribution in [-0.2, 0) is 18.4 Å². The summed E-state index contributed by atoms with van der Waals surface area (Å²) in [4.78, 5) is 14.9. The Labute approximate surface area is 106 Å². The minimum absolute atomic E-state index is 0.535. The molecule has 0 saturated carbocycles. The molecule has 2 rings (SSSR count). The van der Waals surface area contributed by atoms with Gasteiger partial charge in [-0.1, -0.05) is 6.92 Å². The third-order valence-electron chi connectivity index (χ3n) is 3.86. The van der Waals surface area contributed by atoms with E-state index in [1.807, 2.05) is 6.92 Å². The molecule has 2 heterocycles. The molecule has 0 aromatic carbocycles. The molecule has 1 aliphatic rings. The van der Waals surface area contributed by atoms with E-state index in [1.54, 1.807) is 7.05 Å². The Morgan fingerprint density at radius 2 is 2.11 bits per heavy atom. The molecule has 7 nitrogen and oxygen atoms in total. The number of likely N-dealkylation sites (tertiary alicyclic amines) is 1. The van der Waals surface area contributed by atoms with E-state index in [4.69, 9.17) is 0 Å². The average Bonchev–Trinajstić information content (AvgIpc) is 2.76. The van der Waals surface area contributed by atoms with Crippen molar-refractivity contribution in [2.45, 2.75) is 32.7 Å². The predicted octanol–water partition coefficient (Wildman–Crippen LogP) is 0.287. The number of aliphatic carboxylic acids is 1. The molecule has 0 unspecified atom stereocenters. The van der Waals surface area contributed by atoms with Gasteiger partial charge in [0.1, 0.15) is 0 Å². The summed E-state index contributed by atoms with van der Waals surface area (Å²) < 4.78 is 0. The number of carboxylic acids is 1. The molecule has 1 N–H and O–H groups in total. The van der Waals surface area contributed by atoms with Gasteiger partial charge in [0.2, 0.25) is 0 Å². The second kappa shape index (κ2) is 5.01. The summed E-state index contributed by atoms with van der Waals surface area (Å²) in [6.07, 6.45) is 2.08. The molecule has 0 aliphatic carbocycles. The van der Waals surface area contributed by atoms with Crippen LogP contribution in [-0.4, -0.2) is 49.3 Å². The largest absolute Gasteiger partial charge is 0.481 e. The van der Waals surface area contributed by atoms with Gasteiger partial charge in [-0.3, -0.25) is 9.69 Å². The summed E-state index contributed by atoms with van der Waals surface area (Å²) in [6, 6.07) is 0. The fraction of sp³-hybridized carbons (Fsp3) is 0.818. The van der Waals surface area contributed by atoms with E-state index in [2.05, 4.69) is 20.3 Å². The number of aromatic nitrogens is 4. The van der Waals surface area contributed by atoms with Crippen LogP contribution in [0.1, 0.15) is 32.0 Å². The first-order chi connectivity index (χ1) is 8.55. The predicted molar refractivity (Wildman–Crippen MR) is 63.7 cm³/mol. The molecular formula is C11H19N5O2. The normalized spacial score (nSPS) is 19.9. The molecule has 0 amide bonds. The number of hydrogen-bond acceptors (Lipinski definition) is 5. The standard InChI is InChI=1S/C11H19N5O2/c1-3-11(10(17)18)4-6-16(7-5-11)8-9-12-14-15(2)13-9/h3-8H2,1-2H3,(H,17,18). The Balaban J connectivity index is 1.92. The molecule has 18 heavy (non-hydrogen) atoms. The molecule has 0 atom stereocenters. The van der Waals surface area contributed by atoms with E-state index in [0.29, 0.717) is 31.6 Å². The zero-order valence-electron chi connectivity index (χ0n) is 10.8. The second-order valence-corrected chi connectivity index (χ2v) is 4.91. The number of aryl methyl sites for hydroxylation is 1. The van der Waals surface area contributed by atoms with E-state index >= 15 is 0 Å². The summed E-state index contributed by atoms with van der Waals surface area (Å²) in [7, 11) is 1.74. The van der Waals surface area contributed by atoms with Crippen LogP contribution in [0.4, 0.5) is 0 Å². The Bertz CT molecular complexity index is 423. The van der Waals surface area contributed by atoms with Crippen LogP contribution >= 0.6 is 0 Å². The third-order valence-corrected chi connectivity index (χ3v) is 3.86. The number of nitrogens with zero attached hydrogens (tertiary/aromatic N) is 5. The van der Waals surface area contributed by atoms with Crippen molar-refractivity contribution in [1.29, 1.82) is 0 Å². The molecule has 1 fully saturated rings. The number of rotatable bonds is 4. The van der Waals surface area contributed by atoms with Crippen molar-refractivity contribution >= 4 is 5.97 Å². The first-order valence-corrected chi connectivity index (χ1v) is 6.24. The first-order valence-electron chi connectivity index (χ1n) is 6.24. The highest BCUT2D eigenvalue weighted by Gasteiger charge is 2.39. The lowest BCUT2D eigenvalue weighted by Gasteiger charge is -2.37. The van der Waals surface area contributed by atoms with Crippen molar-refractivity contribution in [2.24, 2.45) is 12.5 Å². The Hall–Kier alpha value is -1.50. The van der Waals surface area contributed by atoms with Crippen LogP contribution in [0, 0.1) is 5.41 Å². The van der Waals surface area contributed by atoms with Crippen molar-refractivity contribution < 1.29 is 9.90 Å². The van der Waals surface area contributed by atoms with Gasteiger partial charge in [-0.05, 0) is 37.6 Å². The van der Waals surface area contributed by atoms with E-state index in [1.165, 1.54) is 4.80 Å². The van der Waals surface area contributed by atoms with E-state index in [9.17, 15) is 9.90 Å². The third kappa shape index (κ3) is 2.50. The molecule has 100 valence electrons. The average molecular weight is 253 g/mol. The van der Waals surface area contributed by atoms with Gasteiger partial charge in [0.25, 0.3) is 0 Å². The summed E-state index contributed by atoms with van der Waals surface area (Å²) in [5.41, 5.74) is -0.535. The highest BCUT2D eigenvalue weighted by molar-refractivity contribution is 5.74. The number of piperidine rings is 1.